The van der Waals surface area contributed by atoms with E-state index in [-0.39, 0.29) is 6.61 Å². The number of fused-ring (bicyclic) bond motifs is 1. The van der Waals surface area contributed by atoms with Crippen LogP contribution in [0.25, 0.3) is 16.6 Å². The van der Waals surface area contributed by atoms with Crippen LogP contribution < -0.4 is 4.74 Å². The number of hydrogen-bond acceptors (Lipinski definition) is 5. The molecule has 4 rings (SSSR count). The molecule has 0 saturated heterocycles. The number of ether oxygens (including phenoxy) is 2. The molecule has 1 aromatic heterocycles. The number of aryl methyl sites for hydroxylation is 1. The average Bonchev–Trinajstić information content (AvgIpc) is 3.20. The maximum absolute atomic E-state index is 13.0. The van der Waals surface area contributed by atoms with E-state index < -0.39 is 23.3 Å². The summed E-state index contributed by atoms with van der Waals surface area (Å²) in [5.41, 5.74) is 1.47. The van der Waals surface area contributed by atoms with Crippen molar-refractivity contribution in [1.29, 1.82) is 0 Å². The monoisotopic (exact) mass is 562 g/mol. The number of carbonyl (C=O) groups is 1. The fourth-order valence-corrected chi connectivity index (χ4v) is 5.03. The largest absolute Gasteiger partial charge is 0.482 e. The summed E-state index contributed by atoms with van der Waals surface area (Å²) in [4.78, 5) is 12.9. The van der Waals surface area contributed by atoms with Gasteiger partial charge in [-0.25, -0.2) is 9.48 Å². The number of esters is 1. The standard InChI is InChI=1S/C28H26ClF3N2O3S/c1-17-14-20(12-13-24(17)36-15-25(35)37-27(2,3)4)38-16-22-26-21(29)6-5-7-23(26)34(33-22)19-10-8-18(9-11-19)28(30,31)32/h5-14H,15-16H2,1-4H3. The molecule has 0 radical (unpaired) electrons. The van der Waals surface area contributed by atoms with Gasteiger partial charge in [-0.05, 0) is 87.9 Å². The van der Waals surface area contributed by atoms with Crippen LogP contribution in [-0.4, -0.2) is 28.0 Å². The predicted molar refractivity (Wildman–Crippen MR) is 143 cm³/mol. The third kappa shape index (κ3) is 6.63. The Morgan fingerprint density at radius 1 is 1.05 bits per heavy atom. The molecule has 0 aliphatic carbocycles. The third-order valence-corrected chi connectivity index (χ3v) is 6.78. The van der Waals surface area contributed by atoms with Crippen LogP contribution in [-0.2, 0) is 21.5 Å². The van der Waals surface area contributed by atoms with Crippen molar-refractivity contribution in [3.05, 3.63) is 82.5 Å². The van der Waals surface area contributed by atoms with Crippen molar-refractivity contribution in [3.8, 4) is 11.4 Å². The fourth-order valence-electron chi connectivity index (χ4n) is 3.82. The molecule has 0 saturated carbocycles. The Bertz CT molecular complexity index is 1460. The van der Waals surface area contributed by atoms with E-state index in [2.05, 4.69) is 0 Å². The van der Waals surface area contributed by atoms with E-state index in [9.17, 15) is 18.0 Å². The number of rotatable bonds is 7. The molecule has 0 N–H and O–H groups in total. The molecule has 0 spiro atoms. The topological polar surface area (TPSA) is 53.4 Å². The van der Waals surface area contributed by atoms with Crippen LogP contribution in [0, 0.1) is 6.92 Å². The first-order chi connectivity index (χ1) is 17.8. The third-order valence-electron chi connectivity index (χ3n) is 5.46. The molecular formula is C28H26ClF3N2O3S. The van der Waals surface area contributed by atoms with Gasteiger partial charge in [0.2, 0.25) is 0 Å². The van der Waals surface area contributed by atoms with Crippen molar-refractivity contribution in [2.45, 2.75) is 50.1 Å². The summed E-state index contributed by atoms with van der Waals surface area (Å²) in [7, 11) is 0. The van der Waals surface area contributed by atoms with Crippen molar-refractivity contribution in [2.24, 2.45) is 0 Å². The molecule has 0 aliphatic heterocycles. The van der Waals surface area contributed by atoms with Crippen molar-refractivity contribution in [1.82, 2.24) is 9.78 Å². The van der Waals surface area contributed by atoms with E-state index in [1.165, 1.54) is 23.9 Å². The number of halogens is 4. The summed E-state index contributed by atoms with van der Waals surface area (Å²) in [5.74, 6) is 0.619. The zero-order valence-corrected chi connectivity index (χ0v) is 22.8. The summed E-state index contributed by atoms with van der Waals surface area (Å²) in [6.07, 6.45) is -4.41. The minimum absolute atomic E-state index is 0.184. The average molecular weight is 563 g/mol. The van der Waals surface area contributed by atoms with Crippen LogP contribution in [0.1, 0.15) is 37.6 Å². The van der Waals surface area contributed by atoms with Gasteiger partial charge in [-0.2, -0.15) is 18.3 Å². The molecule has 0 fully saturated rings. The molecule has 10 heteroatoms. The number of alkyl halides is 3. The molecule has 3 aromatic carbocycles. The van der Waals surface area contributed by atoms with Gasteiger partial charge in [0, 0.05) is 16.0 Å². The lowest BCUT2D eigenvalue weighted by molar-refractivity contribution is -0.157. The van der Waals surface area contributed by atoms with Crippen molar-refractivity contribution >= 4 is 40.2 Å². The highest BCUT2D eigenvalue weighted by molar-refractivity contribution is 7.98. The van der Waals surface area contributed by atoms with Gasteiger partial charge in [0.15, 0.2) is 6.61 Å². The molecule has 0 aliphatic rings. The number of benzene rings is 3. The van der Waals surface area contributed by atoms with Crippen LogP contribution >= 0.6 is 23.4 Å². The van der Waals surface area contributed by atoms with Crippen LogP contribution in [0.3, 0.4) is 0 Å². The maximum atomic E-state index is 13.0. The molecule has 1 heterocycles. The lowest BCUT2D eigenvalue weighted by atomic mass is 10.2. The summed E-state index contributed by atoms with van der Waals surface area (Å²) in [6, 6.07) is 15.9. The Labute approximate surface area is 227 Å². The van der Waals surface area contributed by atoms with E-state index in [0.29, 0.717) is 33.4 Å². The lowest BCUT2D eigenvalue weighted by Gasteiger charge is -2.19. The van der Waals surface area contributed by atoms with Crippen LogP contribution in [0.4, 0.5) is 13.2 Å². The number of thioether (sulfide) groups is 1. The summed E-state index contributed by atoms with van der Waals surface area (Å²) in [5, 5.41) is 5.96. The Kier molecular flexibility index (Phi) is 7.99. The van der Waals surface area contributed by atoms with Gasteiger partial charge < -0.3 is 9.47 Å². The highest BCUT2D eigenvalue weighted by Crippen LogP contribution is 2.35. The first-order valence-corrected chi connectivity index (χ1v) is 13.1. The first-order valence-electron chi connectivity index (χ1n) is 11.7. The Balaban J connectivity index is 1.52. The van der Waals surface area contributed by atoms with Crippen molar-refractivity contribution in [3.63, 3.8) is 0 Å². The van der Waals surface area contributed by atoms with Crippen molar-refractivity contribution in [2.75, 3.05) is 6.61 Å². The second-order valence-corrected chi connectivity index (χ2v) is 11.1. The van der Waals surface area contributed by atoms with Gasteiger partial charge in [-0.1, -0.05) is 17.7 Å². The maximum Gasteiger partial charge on any atom is 0.416 e. The second-order valence-electron chi connectivity index (χ2n) is 9.63. The lowest BCUT2D eigenvalue weighted by Crippen LogP contribution is -2.27. The molecule has 5 nitrogen and oxygen atoms in total. The molecule has 200 valence electrons. The highest BCUT2D eigenvalue weighted by Gasteiger charge is 2.30. The first kappa shape index (κ1) is 27.9. The quantitative estimate of drug-likeness (QED) is 0.169. The van der Waals surface area contributed by atoms with E-state index in [4.69, 9.17) is 26.2 Å². The number of aromatic nitrogens is 2. The van der Waals surface area contributed by atoms with E-state index in [1.54, 1.807) is 43.7 Å². The molecule has 38 heavy (non-hydrogen) atoms. The van der Waals surface area contributed by atoms with Crippen LogP contribution in [0.15, 0.2) is 65.6 Å². The zero-order valence-electron chi connectivity index (χ0n) is 21.2. The molecule has 0 unspecified atom stereocenters. The van der Waals surface area contributed by atoms with Gasteiger partial charge in [-0.3, -0.25) is 0 Å². The minimum Gasteiger partial charge on any atom is -0.482 e. The van der Waals surface area contributed by atoms with Crippen molar-refractivity contribution < 1.29 is 27.4 Å². The smallest absolute Gasteiger partial charge is 0.416 e. The molecule has 0 atom stereocenters. The predicted octanol–water partition coefficient (Wildman–Crippen LogP) is 8.02. The molecule has 0 amide bonds. The Morgan fingerprint density at radius 3 is 2.39 bits per heavy atom. The number of carbonyl (C=O) groups excluding carboxylic acids is 1. The van der Waals surface area contributed by atoms with E-state index in [1.807, 2.05) is 25.1 Å². The SMILES string of the molecule is Cc1cc(SCc2nn(-c3ccc(C(F)(F)F)cc3)c3cccc(Cl)c23)ccc1OCC(=O)OC(C)(C)C. The van der Waals surface area contributed by atoms with Gasteiger partial charge in [0.05, 0.1) is 27.5 Å². The Morgan fingerprint density at radius 2 is 1.76 bits per heavy atom. The summed E-state index contributed by atoms with van der Waals surface area (Å²) in [6.45, 7) is 7.10. The Hall–Kier alpha value is -3.17. The van der Waals surface area contributed by atoms with Gasteiger partial charge in [0.25, 0.3) is 0 Å². The molecular weight excluding hydrogens is 537 g/mol. The molecule has 4 aromatic rings. The summed E-state index contributed by atoms with van der Waals surface area (Å²) >= 11 is 8.05. The van der Waals surface area contributed by atoms with Gasteiger partial charge >= 0.3 is 12.1 Å². The summed E-state index contributed by atoms with van der Waals surface area (Å²) < 4.78 is 51.5. The fraction of sp³-hybridized carbons (Fsp3) is 0.286. The van der Waals surface area contributed by atoms with E-state index >= 15 is 0 Å². The normalized spacial score (nSPS) is 12.1. The van der Waals surface area contributed by atoms with Gasteiger partial charge in [-0.15, -0.1) is 11.8 Å². The van der Waals surface area contributed by atoms with Crippen LogP contribution in [0.5, 0.6) is 5.75 Å². The molecule has 0 bridgehead atoms. The number of hydrogen-bond donors (Lipinski definition) is 0. The minimum atomic E-state index is -4.41. The van der Waals surface area contributed by atoms with E-state index in [0.717, 1.165) is 28.0 Å². The second kappa shape index (κ2) is 10.9. The number of nitrogens with zero attached hydrogens (tertiary/aromatic N) is 2. The zero-order chi connectivity index (χ0) is 27.7. The van der Waals surface area contributed by atoms with Gasteiger partial charge in [0.1, 0.15) is 11.4 Å². The van der Waals surface area contributed by atoms with Crippen LogP contribution in [0.2, 0.25) is 5.02 Å². The highest BCUT2D eigenvalue weighted by atomic mass is 35.5.